The van der Waals surface area contributed by atoms with E-state index in [1.165, 1.54) is 0 Å². The highest BCUT2D eigenvalue weighted by Crippen LogP contribution is 2.50. The summed E-state index contributed by atoms with van der Waals surface area (Å²) in [5.74, 6) is 0.429. The van der Waals surface area contributed by atoms with E-state index in [9.17, 15) is 9.59 Å². The zero-order valence-corrected chi connectivity index (χ0v) is 15.9. The van der Waals surface area contributed by atoms with Crippen molar-refractivity contribution in [3.63, 3.8) is 0 Å². The third kappa shape index (κ3) is 3.13. The van der Waals surface area contributed by atoms with Gasteiger partial charge >= 0.3 is 0 Å². The van der Waals surface area contributed by atoms with Crippen LogP contribution >= 0.6 is 0 Å². The van der Waals surface area contributed by atoms with Crippen molar-refractivity contribution in [2.45, 2.75) is 46.0 Å². The fraction of sp³-hybridized carbons (Fsp3) is 0.476. The number of anilines is 1. The second kappa shape index (κ2) is 6.83. The maximum Gasteiger partial charge on any atom is 0.230 e. The molecule has 1 aliphatic carbocycles. The zero-order chi connectivity index (χ0) is 19.0. The Morgan fingerprint density at radius 2 is 2.00 bits per heavy atom. The van der Waals surface area contributed by atoms with Crippen LogP contribution in [0.15, 0.2) is 30.6 Å². The highest BCUT2D eigenvalue weighted by molar-refractivity contribution is 5.96. The monoisotopic (exact) mass is 366 g/mol. The van der Waals surface area contributed by atoms with Crippen molar-refractivity contribution in [1.82, 2.24) is 14.9 Å². The molecule has 6 nitrogen and oxygen atoms in total. The van der Waals surface area contributed by atoms with Crippen LogP contribution in [0.5, 0.6) is 0 Å². The van der Waals surface area contributed by atoms with E-state index in [0.29, 0.717) is 13.0 Å². The number of imidazole rings is 1. The van der Waals surface area contributed by atoms with Gasteiger partial charge in [0.15, 0.2) is 0 Å². The topological polar surface area (TPSA) is 76.0 Å². The summed E-state index contributed by atoms with van der Waals surface area (Å²) < 4.78 is 2.04. The molecular formula is C21H26N4O2. The molecule has 1 aromatic carbocycles. The molecule has 2 fully saturated rings. The number of carbonyl (C=O) groups excluding carboxylic acids is 2. The molecule has 0 radical (unpaired) electrons. The smallest absolute Gasteiger partial charge is 0.230 e. The maximum absolute atomic E-state index is 13.1. The fourth-order valence-corrected chi connectivity index (χ4v) is 4.30. The first-order valence-electron chi connectivity index (χ1n) is 9.69. The van der Waals surface area contributed by atoms with Gasteiger partial charge in [-0.3, -0.25) is 9.59 Å². The van der Waals surface area contributed by atoms with Crippen LogP contribution in [0.2, 0.25) is 0 Å². The Kier molecular flexibility index (Phi) is 4.50. The highest BCUT2D eigenvalue weighted by atomic mass is 16.2. The normalized spacial score (nSPS) is 21.3. The lowest BCUT2D eigenvalue weighted by molar-refractivity contribution is -0.138. The van der Waals surface area contributed by atoms with Crippen molar-refractivity contribution in [1.29, 1.82) is 0 Å². The lowest BCUT2D eigenvalue weighted by atomic mass is 9.58. The number of amides is 2. The molecule has 0 spiro atoms. The second-order valence-electron chi connectivity index (χ2n) is 7.84. The molecule has 4 rings (SSSR count). The molecule has 27 heavy (non-hydrogen) atoms. The molecule has 1 atom stereocenters. The average Bonchev–Trinajstić information content (AvgIpc) is 2.95. The number of rotatable bonds is 4. The molecule has 0 bridgehead atoms. The minimum absolute atomic E-state index is 0.0947. The Labute approximate surface area is 159 Å². The van der Waals surface area contributed by atoms with Gasteiger partial charge in [0.1, 0.15) is 0 Å². The van der Waals surface area contributed by atoms with Crippen LogP contribution in [0.1, 0.15) is 43.5 Å². The molecule has 142 valence electrons. The van der Waals surface area contributed by atoms with Crippen LogP contribution in [-0.4, -0.2) is 27.9 Å². The Morgan fingerprint density at radius 1 is 1.26 bits per heavy atom. The molecule has 2 N–H and O–H groups in total. The van der Waals surface area contributed by atoms with Gasteiger partial charge in [-0.2, -0.15) is 0 Å². The van der Waals surface area contributed by atoms with Gasteiger partial charge in [-0.05, 0) is 63.3 Å². The first kappa shape index (κ1) is 17.8. The number of nitrogens with one attached hydrogen (secondary N) is 2. The number of aromatic nitrogens is 2. The number of nitrogens with zero attached hydrogens (tertiary/aromatic N) is 2. The van der Waals surface area contributed by atoms with Crippen molar-refractivity contribution >= 4 is 17.5 Å². The standard InChI is InChI=1S/C21H26N4O2/c1-14-15(2)25(13-23-14)18-7-5-17(6-8-18)24-20(27)21(10-3-11-21)16-4-9-19(26)22-12-16/h5-8,13,16H,3-4,9-12H2,1-2H3,(H,22,26)(H,24,27). The fourth-order valence-electron chi connectivity index (χ4n) is 4.30. The van der Waals surface area contributed by atoms with Crippen molar-refractivity contribution in [2.75, 3.05) is 11.9 Å². The van der Waals surface area contributed by atoms with Crippen LogP contribution in [0.4, 0.5) is 5.69 Å². The molecule has 2 amide bonds. The van der Waals surface area contributed by atoms with Gasteiger partial charge in [0, 0.05) is 30.0 Å². The van der Waals surface area contributed by atoms with Crippen molar-refractivity contribution < 1.29 is 9.59 Å². The molecule has 1 aliphatic heterocycles. The molecule has 6 heteroatoms. The predicted octanol–water partition coefficient (Wildman–Crippen LogP) is 3.12. The van der Waals surface area contributed by atoms with Gasteiger partial charge in [-0.15, -0.1) is 0 Å². The Bertz CT molecular complexity index is 855. The lowest BCUT2D eigenvalue weighted by Crippen LogP contribution is -2.53. The van der Waals surface area contributed by atoms with Gasteiger partial charge in [0.2, 0.25) is 11.8 Å². The average molecular weight is 366 g/mol. The number of carbonyl (C=O) groups is 2. The number of hydrogen-bond donors (Lipinski definition) is 2. The van der Waals surface area contributed by atoms with E-state index in [0.717, 1.165) is 48.4 Å². The molecule has 2 heterocycles. The van der Waals surface area contributed by atoms with E-state index < -0.39 is 0 Å². The van der Waals surface area contributed by atoms with E-state index in [2.05, 4.69) is 15.6 Å². The molecule has 2 aliphatic rings. The number of hydrogen-bond acceptors (Lipinski definition) is 3. The summed E-state index contributed by atoms with van der Waals surface area (Å²) in [5, 5.41) is 6.05. The van der Waals surface area contributed by atoms with Crippen LogP contribution in [-0.2, 0) is 9.59 Å². The van der Waals surface area contributed by atoms with E-state index in [-0.39, 0.29) is 23.1 Å². The molecule has 1 aromatic heterocycles. The van der Waals surface area contributed by atoms with Crippen molar-refractivity contribution in [2.24, 2.45) is 11.3 Å². The summed E-state index contributed by atoms with van der Waals surface area (Å²) in [6, 6.07) is 7.88. The van der Waals surface area contributed by atoms with Crippen LogP contribution in [0.25, 0.3) is 5.69 Å². The maximum atomic E-state index is 13.1. The molecule has 1 saturated carbocycles. The van der Waals surface area contributed by atoms with Gasteiger partial charge in [0.05, 0.1) is 17.4 Å². The summed E-state index contributed by atoms with van der Waals surface area (Å²) in [6.07, 6.45) is 6.04. The van der Waals surface area contributed by atoms with E-state index >= 15 is 0 Å². The summed E-state index contributed by atoms with van der Waals surface area (Å²) in [7, 11) is 0. The van der Waals surface area contributed by atoms with Crippen LogP contribution < -0.4 is 10.6 Å². The predicted molar refractivity (Wildman–Crippen MR) is 104 cm³/mol. The quantitative estimate of drug-likeness (QED) is 0.873. The van der Waals surface area contributed by atoms with Gasteiger partial charge < -0.3 is 15.2 Å². The molecular weight excluding hydrogens is 340 g/mol. The third-order valence-corrected chi connectivity index (χ3v) is 6.40. The largest absolute Gasteiger partial charge is 0.356 e. The summed E-state index contributed by atoms with van der Waals surface area (Å²) in [5.41, 5.74) is 3.63. The molecule has 2 aromatic rings. The first-order valence-corrected chi connectivity index (χ1v) is 9.69. The molecule has 1 saturated heterocycles. The lowest BCUT2D eigenvalue weighted by Gasteiger charge is -2.47. The highest BCUT2D eigenvalue weighted by Gasteiger charge is 2.50. The van der Waals surface area contributed by atoms with Crippen LogP contribution in [0.3, 0.4) is 0 Å². The van der Waals surface area contributed by atoms with Gasteiger partial charge in [0.25, 0.3) is 0 Å². The first-order chi connectivity index (χ1) is 13.0. The SMILES string of the molecule is Cc1ncn(-c2ccc(NC(=O)C3(C4CCC(=O)NC4)CCC3)cc2)c1C. The zero-order valence-electron chi connectivity index (χ0n) is 15.9. The number of aryl methyl sites for hydroxylation is 1. The summed E-state index contributed by atoms with van der Waals surface area (Å²) in [6.45, 7) is 4.65. The minimum atomic E-state index is -0.329. The second-order valence-corrected chi connectivity index (χ2v) is 7.84. The van der Waals surface area contributed by atoms with E-state index in [1.54, 1.807) is 0 Å². The van der Waals surface area contributed by atoms with E-state index in [4.69, 9.17) is 0 Å². The van der Waals surface area contributed by atoms with Crippen LogP contribution in [0, 0.1) is 25.2 Å². The van der Waals surface area contributed by atoms with E-state index in [1.807, 2.05) is 49.0 Å². The van der Waals surface area contributed by atoms with Crippen molar-refractivity contribution in [3.8, 4) is 5.69 Å². The molecule has 1 unspecified atom stereocenters. The summed E-state index contributed by atoms with van der Waals surface area (Å²) in [4.78, 5) is 28.9. The number of benzene rings is 1. The van der Waals surface area contributed by atoms with Crippen molar-refractivity contribution in [3.05, 3.63) is 42.0 Å². The third-order valence-electron chi connectivity index (χ3n) is 6.40. The summed E-state index contributed by atoms with van der Waals surface area (Å²) >= 11 is 0. The Hall–Kier alpha value is -2.63. The Morgan fingerprint density at radius 3 is 2.52 bits per heavy atom. The Balaban J connectivity index is 1.47. The van der Waals surface area contributed by atoms with Gasteiger partial charge in [-0.1, -0.05) is 6.42 Å². The number of piperidine rings is 1. The van der Waals surface area contributed by atoms with Gasteiger partial charge in [-0.25, -0.2) is 4.98 Å². The minimum Gasteiger partial charge on any atom is -0.356 e.